The summed E-state index contributed by atoms with van der Waals surface area (Å²) in [7, 11) is 7.31. The second-order valence-electron chi connectivity index (χ2n) is 8.45. The van der Waals surface area contributed by atoms with Gasteiger partial charge in [-0.2, -0.15) is 0 Å². The molecule has 0 unspecified atom stereocenters. The quantitative estimate of drug-likeness (QED) is 0.407. The second kappa shape index (κ2) is 9.96. The molecule has 0 saturated carbocycles. The van der Waals surface area contributed by atoms with Gasteiger partial charge in [-0.3, -0.25) is 8.78 Å². The zero-order valence-electron chi connectivity index (χ0n) is 19.2. The van der Waals surface area contributed by atoms with Crippen molar-refractivity contribution in [2.24, 2.45) is 0 Å². The van der Waals surface area contributed by atoms with Gasteiger partial charge >= 0.3 is 5.97 Å². The molecule has 0 aliphatic heterocycles. The number of carboxylic acid groups (broad SMARTS) is 1. The maximum atomic E-state index is 14.5. The summed E-state index contributed by atoms with van der Waals surface area (Å²) < 4.78 is 27.9. The first-order valence-electron chi connectivity index (χ1n) is 9.90. The van der Waals surface area contributed by atoms with E-state index in [1.54, 1.807) is 17.0 Å². The van der Waals surface area contributed by atoms with Gasteiger partial charge in [0.05, 0.1) is 5.69 Å². The van der Waals surface area contributed by atoms with E-state index in [-0.39, 0.29) is 32.3 Å². The Hall–Kier alpha value is -2.86. The molecule has 0 radical (unpaired) electrons. The average Bonchev–Trinajstić information content (AvgIpc) is 2.72. The third-order valence-corrected chi connectivity index (χ3v) is 5.27. The van der Waals surface area contributed by atoms with Gasteiger partial charge < -0.3 is 19.9 Å². The third kappa shape index (κ3) is 5.56. The second-order valence-corrected chi connectivity index (χ2v) is 8.45. The van der Waals surface area contributed by atoms with Gasteiger partial charge in [-0.25, -0.2) is 9.78 Å². The SMILES string of the molecule is CN(C)c1cc(C(=O)O)nc(C(C)(C)c2cc(N(C)C)cc(-c3[c-]cc(F)cc3F)n2)c1.[Pt]. The van der Waals surface area contributed by atoms with Crippen LogP contribution in [0.2, 0.25) is 0 Å². The molecule has 9 heteroatoms. The van der Waals surface area contributed by atoms with Gasteiger partial charge in [0.2, 0.25) is 0 Å². The summed E-state index contributed by atoms with van der Waals surface area (Å²) in [5.41, 5.74) is 1.91. The molecular weight excluding hydrogens is 609 g/mol. The standard InChI is InChI=1S/C24H25F2N4O2.Pt/c1-24(2,22-13-16(30(5)6)11-20(28-22)23(31)32)21-12-15(29(3)4)10-19(27-21)17-8-7-14(25)9-18(17)26;/h7,9-13H,1-6H3,(H,31,32);/q-1;. The van der Waals surface area contributed by atoms with Crippen LogP contribution in [0.4, 0.5) is 20.2 Å². The van der Waals surface area contributed by atoms with Crippen molar-refractivity contribution < 1.29 is 39.7 Å². The molecule has 1 aromatic carbocycles. The third-order valence-electron chi connectivity index (χ3n) is 5.27. The van der Waals surface area contributed by atoms with Crippen LogP contribution in [0.3, 0.4) is 0 Å². The molecule has 178 valence electrons. The number of anilines is 2. The normalized spacial score (nSPS) is 11.0. The first kappa shape index (κ1) is 26.4. The summed E-state index contributed by atoms with van der Waals surface area (Å²) in [6.45, 7) is 3.74. The van der Waals surface area contributed by atoms with E-state index in [4.69, 9.17) is 0 Å². The van der Waals surface area contributed by atoms with Crippen LogP contribution in [0, 0.1) is 17.7 Å². The van der Waals surface area contributed by atoms with Crippen molar-refractivity contribution in [3.8, 4) is 11.3 Å². The fraction of sp³-hybridized carbons (Fsp3) is 0.292. The topological polar surface area (TPSA) is 69.6 Å². The number of aromatic carboxylic acids is 1. The molecule has 3 rings (SSSR count). The average molecular weight is 635 g/mol. The predicted molar refractivity (Wildman–Crippen MR) is 120 cm³/mol. The van der Waals surface area contributed by atoms with Crippen LogP contribution in [-0.2, 0) is 26.5 Å². The minimum atomic E-state index is -1.13. The zero-order chi connectivity index (χ0) is 23.8. The van der Waals surface area contributed by atoms with Crippen molar-refractivity contribution >= 4 is 17.3 Å². The first-order valence-corrected chi connectivity index (χ1v) is 9.90. The number of carboxylic acids is 1. The minimum Gasteiger partial charge on any atom is -0.477 e. The number of aromatic nitrogens is 2. The molecule has 3 aromatic rings. The Bertz CT molecular complexity index is 1180. The monoisotopic (exact) mass is 634 g/mol. The van der Waals surface area contributed by atoms with E-state index in [1.165, 1.54) is 6.07 Å². The Morgan fingerprint density at radius 1 is 0.939 bits per heavy atom. The summed E-state index contributed by atoms with van der Waals surface area (Å²) in [5, 5.41) is 9.53. The van der Waals surface area contributed by atoms with Crippen LogP contribution in [-0.4, -0.2) is 49.2 Å². The molecule has 0 aliphatic rings. The van der Waals surface area contributed by atoms with Gasteiger partial charge in [0, 0.05) is 83.4 Å². The molecular formula is C24H25F2N4O2Pt-. The zero-order valence-corrected chi connectivity index (χ0v) is 21.5. The van der Waals surface area contributed by atoms with E-state index in [2.05, 4.69) is 16.0 Å². The van der Waals surface area contributed by atoms with E-state index in [0.717, 1.165) is 17.8 Å². The maximum absolute atomic E-state index is 14.5. The summed E-state index contributed by atoms with van der Waals surface area (Å²) in [6.07, 6.45) is 0. The van der Waals surface area contributed by atoms with Crippen LogP contribution in [0.5, 0.6) is 0 Å². The van der Waals surface area contributed by atoms with Gasteiger partial charge in [-0.15, -0.1) is 12.1 Å². The van der Waals surface area contributed by atoms with Crippen LogP contribution in [0.15, 0.2) is 36.4 Å². The number of rotatable bonds is 6. The molecule has 0 aliphatic carbocycles. The largest absolute Gasteiger partial charge is 0.477 e. The Labute approximate surface area is 206 Å². The Kier molecular flexibility index (Phi) is 7.96. The van der Waals surface area contributed by atoms with E-state index >= 15 is 0 Å². The maximum Gasteiger partial charge on any atom is 0.354 e. The van der Waals surface area contributed by atoms with Crippen molar-refractivity contribution in [1.29, 1.82) is 0 Å². The molecule has 1 N–H and O–H groups in total. The predicted octanol–water partition coefficient (Wildman–Crippen LogP) is 4.38. The summed E-state index contributed by atoms with van der Waals surface area (Å²) >= 11 is 0. The van der Waals surface area contributed by atoms with Crippen molar-refractivity contribution in [3.63, 3.8) is 0 Å². The van der Waals surface area contributed by atoms with E-state index in [9.17, 15) is 18.7 Å². The number of pyridine rings is 2. The van der Waals surface area contributed by atoms with Crippen molar-refractivity contribution in [1.82, 2.24) is 9.97 Å². The molecule has 0 spiro atoms. The first-order chi connectivity index (χ1) is 14.9. The number of carbonyl (C=O) groups is 1. The summed E-state index contributed by atoms with van der Waals surface area (Å²) in [5.74, 6) is -2.62. The van der Waals surface area contributed by atoms with E-state index in [1.807, 2.05) is 53.0 Å². The number of nitrogens with zero attached hydrogens (tertiary/aromatic N) is 4. The van der Waals surface area contributed by atoms with Crippen LogP contribution in [0.25, 0.3) is 11.3 Å². The number of halogens is 2. The molecule has 0 fully saturated rings. The smallest absolute Gasteiger partial charge is 0.354 e. The fourth-order valence-corrected chi connectivity index (χ4v) is 3.20. The van der Waals surface area contributed by atoms with Crippen LogP contribution < -0.4 is 9.80 Å². The Balaban J connectivity index is 0.00000385. The molecule has 2 aromatic heterocycles. The molecule has 2 heterocycles. The summed E-state index contributed by atoms with van der Waals surface area (Å²) in [6, 6.07) is 11.3. The van der Waals surface area contributed by atoms with Crippen molar-refractivity contribution in [3.05, 3.63) is 71.2 Å². The Morgan fingerprint density at radius 3 is 2.00 bits per heavy atom. The Morgan fingerprint density at radius 2 is 1.48 bits per heavy atom. The molecule has 33 heavy (non-hydrogen) atoms. The van der Waals surface area contributed by atoms with Gasteiger partial charge in [-0.05, 0) is 37.7 Å². The van der Waals surface area contributed by atoms with E-state index < -0.39 is 23.0 Å². The van der Waals surface area contributed by atoms with Gasteiger partial charge in [0.25, 0.3) is 0 Å². The molecule has 0 bridgehead atoms. The minimum absolute atomic E-state index is 0. The van der Waals surface area contributed by atoms with E-state index in [0.29, 0.717) is 22.8 Å². The molecule has 6 nitrogen and oxygen atoms in total. The van der Waals surface area contributed by atoms with Gasteiger partial charge in [0.15, 0.2) is 5.69 Å². The number of benzene rings is 1. The molecule has 0 amide bonds. The fourth-order valence-electron chi connectivity index (χ4n) is 3.20. The molecule has 0 saturated heterocycles. The van der Waals surface area contributed by atoms with Gasteiger partial charge in [-0.1, -0.05) is 17.7 Å². The number of hydrogen-bond acceptors (Lipinski definition) is 5. The van der Waals surface area contributed by atoms with Crippen LogP contribution >= 0.6 is 0 Å². The molecule has 0 atom stereocenters. The van der Waals surface area contributed by atoms with Gasteiger partial charge in [0.1, 0.15) is 0 Å². The van der Waals surface area contributed by atoms with Crippen LogP contribution in [0.1, 0.15) is 35.7 Å². The summed E-state index contributed by atoms with van der Waals surface area (Å²) in [4.78, 5) is 24.3. The van der Waals surface area contributed by atoms with Crippen molar-refractivity contribution in [2.45, 2.75) is 19.3 Å². The number of hydrogen-bond donors (Lipinski definition) is 1. The van der Waals surface area contributed by atoms with Crippen molar-refractivity contribution in [2.75, 3.05) is 38.0 Å².